The highest BCUT2D eigenvalue weighted by atomic mass is 19.4. The van der Waals surface area contributed by atoms with Gasteiger partial charge < -0.3 is 22.3 Å². The van der Waals surface area contributed by atoms with Gasteiger partial charge in [-0.05, 0) is 29.3 Å². The molecule has 0 bridgehead atoms. The topological polar surface area (TPSA) is 111 Å². The van der Waals surface area contributed by atoms with Gasteiger partial charge in [-0.2, -0.15) is 13.2 Å². The molecule has 2 aromatic rings. The number of hydrogen-bond donors (Lipinski definition) is 4. The maximum absolute atomic E-state index is 13.0. The van der Waals surface area contributed by atoms with E-state index in [4.69, 9.17) is 23.6 Å². The van der Waals surface area contributed by atoms with Crippen LogP contribution in [0.25, 0.3) is 0 Å². The predicted octanol–water partition coefficient (Wildman–Crippen LogP) is 1.54. The summed E-state index contributed by atoms with van der Waals surface area (Å²) in [6.45, 7) is 0. The molecule has 0 aromatic heterocycles. The normalized spacial score (nSPS) is 19.7. The van der Waals surface area contributed by atoms with Gasteiger partial charge in [0.25, 0.3) is 0 Å². The van der Waals surface area contributed by atoms with Crippen LogP contribution in [0, 0.1) is 12.3 Å². The van der Waals surface area contributed by atoms with Gasteiger partial charge in [0.2, 0.25) is 0 Å². The number of terminal acetylenes is 1. The Kier molecular flexibility index (Phi) is 3.85. The summed E-state index contributed by atoms with van der Waals surface area (Å²) in [5, 5.41) is 11.1. The monoisotopic (exact) mass is 360 g/mol. The van der Waals surface area contributed by atoms with Crippen molar-refractivity contribution in [2.45, 2.75) is 17.4 Å². The van der Waals surface area contributed by atoms with Crippen molar-refractivity contribution >= 4 is 11.5 Å². The third kappa shape index (κ3) is 2.45. The summed E-state index contributed by atoms with van der Waals surface area (Å²) in [6, 6.07) is 9.54. The van der Waals surface area contributed by atoms with Crippen LogP contribution in [0.1, 0.15) is 22.3 Å². The molecular formula is C18H15F3N4O. The zero-order valence-corrected chi connectivity index (χ0v) is 13.4. The van der Waals surface area contributed by atoms with Gasteiger partial charge in [0, 0.05) is 11.1 Å². The summed E-state index contributed by atoms with van der Waals surface area (Å²) < 4.78 is 38.9. The van der Waals surface area contributed by atoms with E-state index in [1.165, 1.54) is 12.1 Å². The maximum Gasteiger partial charge on any atom is 0.423 e. The molecule has 1 heterocycles. The van der Waals surface area contributed by atoms with E-state index in [1.54, 1.807) is 18.2 Å². The van der Waals surface area contributed by atoms with Gasteiger partial charge in [0.15, 0.2) is 11.3 Å². The summed E-state index contributed by atoms with van der Waals surface area (Å²) in [7, 11) is 0. The van der Waals surface area contributed by atoms with Crippen molar-refractivity contribution in [3.8, 4) is 12.3 Å². The molecule has 0 spiro atoms. The van der Waals surface area contributed by atoms with E-state index in [0.717, 1.165) is 12.1 Å². The van der Waals surface area contributed by atoms with Crippen LogP contribution >= 0.6 is 0 Å². The Morgan fingerprint density at radius 2 is 1.69 bits per heavy atom. The third-order valence-electron chi connectivity index (χ3n) is 4.41. The first-order valence-electron chi connectivity index (χ1n) is 7.45. The highest BCUT2D eigenvalue weighted by Crippen LogP contribution is 2.42. The molecule has 3 rings (SSSR count). The molecule has 0 fully saturated rings. The summed E-state index contributed by atoms with van der Waals surface area (Å²) in [6.07, 6.45) is 0.540. The van der Waals surface area contributed by atoms with E-state index < -0.39 is 17.4 Å². The summed E-state index contributed by atoms with van der Waals surface area (Å²) in [4.78, 5) is 4.11. The van der Waals surface area contributed by atoms with Crippen LogP contribution in [0.15, 0.2) is 47.5 Å². The number of halogens is 3. The number of hydrogen-bond acceptors (Lipinski definition) is 5. The fraction of sp³-hybridized carbons (Fsp3) is 0.167. The van der Waals surface area contributed by atoms with Crippen molar-refractivity contribution in [1.82, 2.24) is 0 Å². The average molecular weight is 360 g/mol. The van der Waals surface area contributed by atoms with Gasteiger partial charge in [-0.15, -0.1) is 6.42 Å². The van der Waals surface area contributed by atoms with E-state index in [-0.39, 0.29) is 17.0 Å². The van der Waals surface area contributed by atoms with E-state index in [9.17, 15) is 18.3 Å². The first-order chi connectivity index (χ1) is 12.0. The molecule has 1 atom stereocenters. The quantitative estimate of drug-likeness (QED) is 0.481. The van der Waals surface area contributed by atoms with E-state index in [0.29, 0.717) is 16.8 Å². The Hall–Kier alpha value is -2.86. The molecule has 0 radical (unpaired) electrons. The number of benzene rings is 2. The second-order valence-corrected chi connectivity index (χ2v) is 6.03. The molecule has 7 N–H and O–H groups in total. The Balaban J connectivity index is 2.09. The van der Waals surface area contributed by atoms with Crippen LogP contribution in [-0.4, -0.2) is 17.1 Å². The number of rotatable bonds is 2. The zero-order valence-electron chi connectivity index (χ0n) is 13.4. The van der Waals surface area contributed by atoms with Crippen molar-refractivity contribution in [2.75, 3.05) is 0 Å². The number of aliphatic hydroxyl groups is 1. The molecule has 0 amide bonds. The highest BCUT2D eigenvalue weighted by molar-refractivity contribution is 6.00. The molecule has 0 saturated carbocycles. The second kappa shape index (κ2) is 5.57. The van der Waals surface area contributed by atoms with Crippen LogP contribution in [0.4, 0.5) is 18.9 Å². The minimum atomic E-state index is -4.84. The third-order valence-corrected chi connectivity index (χ3v) is 4.41. The van der Waals surface area contributed by atoms with Crippen LogP contribution in [-0.2, 0) is 11.3 Å². The molecule has 2 aromatic carbocycles. The SMILES string of the molecule is C#Cc1ccc2c(c1)C(O)(c1ccc(C(N)(N)C(F)(F)F)cc1)C(N)=N2. The van der Waals surface area contributed by atoms with Gasteiger partial charge in [0.05, 0.1) is 5.69 Å². The zero-order chi connectivity index (χ0) is 19.3. The van der Waals surface area contributed by atoms with Crippen LogP contribution in [0.3, 0.4) is 0 Å². The van der Waals surface area contributed by atoms with Gasteiger partial charge in [-0.3, -0.25) is 0 Å². The Morgan fingerprint density at radius 3 is 2.23 bits per heavy atom. The number of fused-ring (bicyclic) bond motifs is 1. The highest BCUT2D eigenvalue weighted by Gasteiger charge is 2.51. The lowest BCUT2D eigenvalue weighted by Gasteiger charge is -2.29. The van der Waals surface area contributed by atoms with Gasteiger partial charge in [0.1, 0.15) is 5.84 Å². The van der Waals surface area contributed by atoms with Crippen LogP contribution < -0.4 is 17.2 Å². The van der Waals surface area contributed by atoms with Gasteiger partial charge in [-0.1, -0.05) is 30.2 Å². The smallest absolute Gasteiger partial charge is 0.384 e. The van der Waals surface area contributed by atoms with E-state index in [1.807, 2.05) is 0 Å². The Bertz CT molecular complexity index is 942. The predicted molar refractivity (Wildman–Crippen MR) is 91.2 cm³/mol. The first kappa shape index (κ1) is 17.9. The number of alkyl halides is 3. The van der Waals surface area contributed by atoms with Crippen molar-refractivity contribution in [2.24, 2.45) is 22.2 Å². The number of nitrogens with zero attached hydrogens (tertiary/aromatic N) is 1. The molecular weight excluding hydrogens is 345 g/mol. The summed E-state index contributed by atoms with van der Waals surface area (Å²) in [5.41, 5.74) is 12.6. The Labute approximate surface area is 147 Å². The minimum Gasteiger partial charge on any atom is -0.384 e. The van der Waals surface area contributed by atoms with E-state index >= 15 is 0 Å². The van der Waals surface area contributed by atoms with Gasteiger partial charge >= 0.3 is 6.18 Å². The number of amidine groups is 1. The lowest BCUT2D eigenvalue weighted by molar-refractivity contribution is -0.188. The molecule has 134 valence electrons. The van der Waals surface area contributed by atoms with Crippen molar-refractivity contribution < 1.29 is 18.3 Å². The molecule has 26 heavy (non-hydrogen) atoms. The number of aliphatic imine (C=N–C) groups is 1. The maximum atomic E-state index is 13.0. The first-order valence-corrected chi connectivity index (χ1v) is 7.45. The molecule has 5 nitrogen and oxygen atoms in total. The standard InChI is InChI=1S/C18H15F3N4O/c1-2-10-3-8-14-13(9-10)16(26,15(22)25-14)11-4-6-12(7-5-11)17(23,24)18(19,20)21/h1,3-9,26H,23-24H2,(H2,22,25). The fourth-order valence-corrected chi connectivity index (χ4v) is 2.82. The number of nitrogens with two attached hydrogens (primary N) is 3. The largest absolute Gasteiger partial charge is 0.423 e. The van der Waals surface area contributed by atoms with Gasteiger partial charge in [-0.25, -0.2) is 4.99 Å². The second-order valence-electron chi connectivity index (χ2n) is 6.03. The van der Waals surface area contributed by atoms with E-state index in [2.05, 4.69) is 10.9 Å². The van der Waals surface area contributed by atoms with Crippen LogP contribution in [0.5, 0.6) is 0 Å². The van der Waals surface area contributed by atoms with Crippen LogP contribution in [0.2, 0.25) is 0 Å². The molecule has 1 aliphatic heterocycles. The van der Waals surface area contributed by atoms with Crippen molar-refractivity contribution in [1.29, 1.82) is 0 Å². The fourth-order valence-electron chi connectivity index (χ4n) is 2.82. The lowest BCUT2D eigenvalue weighted by Crippen LogP contribution is -2.57. The molecule has 1 aliphatic rings. The lowest BCUT2D eigenvalue weighted by atomic mass is 9.84. The summed E-state index contributed by atoms with van der Waals surface area (Å²) >= 11 is 0. The average Bonchev–Trinajstić information content (AvgIpc) is 2.85. The molecule has 0 aliphatic carbocycles. The summed E-state index contributed by atoms with van der Waals surface area (Å²) in [5.74, 6) is 2.33. The molecule has 0 saturated heterocycles. The Morgan fingerprint density at radius 1 is 1.08 bits per heavy atom. The molecule has 8 heteroatoms. The van der Waals surface area contributed by atoms with Crippen molar-refractivity contribution in [3.63, 3.8) is 0 Å². The molecule has 1 unspecified atom stereocenters. The minimum absolute atomic E-state index is 0.114. The van der Waals surface area contributed by atoms with Crippen molar-refractivity contribution in [3.05, 3.63) is 64.7 Å².